The van der Waals surface area contributed by atoms with Gasteiger partial charge >= 0.3 is 11.9 Å². The lowest BCUT2D eigenvalue weighted by molar-refractivity contribution is -0.162. The van der Waals surface area contributed by atoms with Gasteiger partial charge in [-0.2, -0.15) is 0 Å². The highest BCUT2D eigenvalue weighted by Gasteiger charge is 2.49. The van der Waals surface area contributed by atoms with Crippen LogP contribution in [0.25, 0.3) is 0 Å². The Morgan fingerprint density at radius 2 is 1.90 bits per heavy atom. The molecule has 0 bridgehead atoms. The van der Waals surface area contributed by atoms with E-state index in [0.717, 1.165) is 12.0 Å². The summed E-state index contributed by atoms with van der Waals surface area (Å²) in [4.78, 5) is 24.3. The van der Waals surface area contributed by atoms with Crippen LogP contribution >= 0.6 is 0 Å². The molecule has 4 nitrogen and oxygen atoms in total. The Bertz CT molecular complexity index is 481. The molecule has 0 aliphatic carbocycles. The van der Waals surface area contributed by atoms with Crippen molar-refractivity contribution in [1.29, 1.82) is 0 Å². The smallest absolute Gasteiger partial charge is 0.328 e. The number of carbonyl (C=O) groups is 2. The second kappa shape index (κ2) is 7.08. The number of carbonyl (C=O) groups excluding carboxylic acids is 1. The SMILES string of the molecule is CCCCC(C(=O)O)(C(=O)OCC)c1ccccc1C. The Morgan fingerprint density at radius 3 is 2.40 bits per heavy atom. The molecule has 0 fully saturated rings. The molecule has 1 N–H and O–H groups in total. The maximum absolute atomic E-state index is 12.4. The Kier molecular flexibility index (Phi) is 5.74. The van der Waals surface area contributed by atoms with Gasteiger partial charge in [0.25, 0.3) is 0 Å². The summed E-state index contributed by atoms with van der Waals surface area (Å²) < 4.78 is 5.06. The van der Waals surface area contributed by atoms with Crippen LogP contribution in [0.4, 0.5) is 0 Å². The number of aryl methyl sites for hydroxylation is 1. The summed E-state index contributed by atoms with van der Waals surface area (Å²) in [6.07, 6.45) is 1.72. The molecular weight excluding hydrogens is 256 g/mol. The zero-order valence-electron chi connectivity index (χ0n) is 12.3. The molecule has 0 aliphatic rings. The van der Waals surface area contributed by atoms with E-state index < -0.39 is 17.4 Å². The minimum atomic E-state index is -1.60. The van der Waals surface area contributed by atoms with E-state index in [1.54, 1.807) is 19.1 Å². The second-order valence-electron chi connectivity index (χ2n) is 4.85. The van der Waals surface area contributed by atoms with Gasteiger partial charge in [0.1, 0.15) is 0 Å². The Morgan fingerprint density at radius 1 is 1.25 bits per heavy atom. The van der Waals surface area contributed by atoms with Crippen LogP contribution in [0.15, 0.2) is 24.3 Å². The number of carboxylic acid groups (broad SMARTS) is 1. The molecule has 0 aliphatic heterocycles. The monoisotopic (exact) mass is 278 g/mol. The first-order valence-electron chi connectivity index (χ1n) is 6.97. The van der Waals surface area contributed by atoms with Crippen LogP contribution < -0.4 is 0 Å². The number of ether oxygens (including phenoxy) is 1. The lowest BCUT2D eigenvalue weighted by atomic mass is 9.74. The average molecular weight is 278 g/mol. The molecule has 4 heteroatoms. The number of carboxylic acids is 1. The minimum absolute atomic E-state index is 0.172. The largest absolute Gasteiger partial charge is 0.480 e. The molecule has 0 amide bonds. The maximum Gasteiger partial charge on any atom is 0.328 e. The van der Waals surface area contributed by atoms with Gasteiger partial charge in [0, 0.05) is 0 Å². The standard InChI is InChI=1S/C16H22O4/c1-4-6-11-16(14(17)18,15(19)20-5-2)13-10-8-7-9-12(13)3/h7-10H,4-6,11H2,1-3H3,(H,17,18). The van der Waals surface area contributed by atoms with Gasteiger partial charge in [-0.25, -0.2) is 0 Å². The third-order valence-electron chi connectivity index (χ3n) is 3.50. The summed E-state index contributed by atoms with van der Waals surface area (Å²) >= 11 is 0. The predicted molar refractivity (Wildman–Crippen MR) is 76.7 cm³/mol. The quantitative estimate of drug-likeness (QED) is 0.615. The minimum Gasteiger partial charge on any atom is -0.480 e. The summed E-state index contributed by atoms with van der Waals surface area (Å²) in [7, 11) is 0. The van der Waals surface area contributed by atoms with Crippen molar-refractivity contribution < 1.29 is 19.4 Å². The number of hydrogen-bond acceptors (Lipinski definition) is 3. The van der Waals surface area contributed by atoms with Crippen molar-refractivity contribution in [1.82, 2.24) is 0 Å². The second-order valence-corrected chi connectivity index (χ2v) is 4.85. The molecule has 1 aromatic carbocycles. The lowest BCUT2D eigenvalue weighted by Crippen LogP contribution is -2.45. The summed E-state index contributed by atoms with van der Waals surface area (Å²) in [5.74, 6) is -1.81. The number of esters is 1. The molecule has 0 heterocycles. The fourth-order valence-electron chi connectivity index (χ4n) is 2.40. The number of aliphatic carboxylic acids is 1. The number of benzene rings is 1. The highest BCUT2D eigenvalue weighted by molar-refractivity contribution is 6.05. The van der Waals surface area contributed by atoms with Crippen molar-refractivity contribution in [3.63, 3.8) is 0 Å². The molecule has 0 radical (unpaired) electrons. The molecule has 1 rings (SSSR count). The van der Waals surface area contributed by atoms with E-state index in [2.05, 4.69) is 0 Å². The fourth-order valence-corrected chi connectivity index (χ4v) is 2.40. The van der Waals surface area contributed by atoms with Crippen LogP contribution in [0.2, 0.25) is 0 Å². The van der Waals surface area contributed by atoms with Gasteiger partial charge in [-0.15, -0.1) is 0 Å². The van der Waals surface area contributed by atoms with Crippen molar-refractivity contribution in [2.75, 3.05) is 6.61 Å². The van der Waals surface area contributed by atoms with Gasteiger partial charge in [0.2, 0.25) is 0 Å². The van der Waals surface area contributed by atoms with Crippen LogP contribution in [0, 0.1) is 6.92 Å². The van der Waals surface area contributed by atoms with Crippen LogP contribution in [-0.4, -0.2) is 23.7 Å². The maximum atomic E-state index is 12.4. The average Bonchev–Trinajstić information content (AvgIpc) is 2.41. The summed E-state index contributed by atoms with van der Waals surface area (Å²) in [5, 5.41) is 9.72. The van der Waals surface area contributed by atoms with E-state index in [1.165, 1.54) is 0 Å². The molecule has 0 aromatic heterocycles. The molecule has 1 unspecified atom stereocenters. The zero-order valence-corrected chi connectivity index (χ0v) is 12.3. The van der Waals surface area contributed by atoms with Gasteiger partial charge < -0.3 is 9.84 Å². The first kappa shape index (κ1) is 16.2. The third kappa shape index (κ3) is 3.00. The molecule has 20 heavy (non-hydrogen) atoms. The topological polar surface area (TPSA) is 63.6 Å². The summed E-state index contributed by atoms with van der Waals surface area (Å²) in [5.41, 5.74) is -0.282. The first-order chi connectivity index (χ1) is 9.50. The normalized spacial score (nSPS) is 13.6. The third-order valence-corrected chi connectivity index (χ3v) is 3.50. The van der Waals surface area contributed by atoms with Crippen molar-refractivity contribution >= 4 is 11.9 Å². The molecule has 110 valence electrons. The molecule has 1 atom stereocenters. The van der Waals surface area contributed by atoms with Crippen LogP contribution in [0.3, 0.4) is 0 Å². The Balaban J connectivity index is 3.40. The zero-order chi connectivity index (χ0) is 15.2. The van der Waals surface area contributed by atoms with E-state index in [1.807, 2.05) is 26.0 Å². The number of rotatable bonds is 7. The number of hydrogen-bond donors (Lipinski definition) is 1. The van der Waals surface area contributed by atoms with Gasteiger partial charge in [-0.05, 0) is 31.4 Å². The van der Waals surface area contributed by atoms with Gasteiger partial charge in [-0.1, -0.05) is 44.0 Å². The van der Waals surface area contributed by atoms with Gasteiger partial charge in [-0.3, -0.25) is 9.59 Å². The highest BCUT2D eigenvalue weighted by Crippen LogP contribution is 2.34. The molecule has 0 spiro atoms. The van der Waals surface area contributed by atoms with Gasteiger partial charge in [0.15, 0.2) is 5.41 Å². The highest BCUT2D eigenvalue weighted by atomic mass is 16.5. The van der Waals surface area contributed by atoms with Crippen molar-refractivity contribution in [2.24, 2.45) is 0 Å². The van der Waals surface area contributed by atoms with Crippen LogP contribution in [0.1, 0.15) is 44.2 Å². The van der Waals surface area contributed by atoms with Crippen LogP contribution in [-0.2, 0) is 19.7 Å². The van der Waals surface area contributed by atoms with E-state index in [9.17, 15) is 14.7 Å². The fraction of sp³-hybridized carbons (Fsp3) is 0.500. The summed E-state index contributed by atoms with van der Waals surface area (Å²) in [6, 6.07) is 7.11. The molecule has 0 saturated carbocycles. The predicted octanol–water partition coefficient (Wildman–Crippen LogP) is 3.07. The van der Waals surface area contributed by atoms with E-state index in [4.69, 9.17) is 4.74 Å². The van der Waals surface area contributed by atoms with Crippen molar-refractivity contribution in [3.8, 4) is 0 Å². The van der Waals surface area contributed by atoms with E-state index in [-0.39, 0.29) is 13.0 Å². The Hall–Kier alpha value is -1.84. The van der Waals surface area contributed by atoms with Crippen molar-refractivity contribution in [2.45, 2.75) is 45.4 Å². The van der Waals surface area contributed by atoms with Crippen molar-refractivity contribution in [3.05, 3.63) is 35.4 Å². The van der Waals surface area contributed by atoms with Gasteiger partial charge in [0.05, 0.1) is 6.61 Å². The molecular formula is C16H22O4. The number of unbranched alkanes of at least 4 members (excludes halogenated alkanes) is 1. The summed E-state index contributed by atoms with van der Waals surface area (Å²) in [6.45, 7) is 5.64. The van der Waals surface area contributed by atoms with E-state index >= 15 is 0 Å². The van der Waals surface area contributed by atoms with E-state index in [0.29, 0.717) is 12.0 Å². The molecule has 0 saturated heterocycles. The Labute approximate surface area is 119 Å². The van der Waals surface area contributed by atoms with Crippen LogP contribution in [0.5, 0.6) is 0 Å². The lowest BCUT2D eigenvalue weighted by Gasteiger charge is -2.29. The molecule has 1 aromatic rings. The first-order valence-corrected chi connectivity index (χ1v) is 6.97.